The highest BCUT2D eigenvalue weighted by molar-refractivity contribution is 5.93. The van der Waals surface area contributed by atoms with Gasteiger partial charge in [-0.05, 0) is 43.0 Å². The monoisotopic (exact) mass is 234 g/mol. The second-order valence-corrected chi connectivity index (χ2v) is 4.67. The van der Waals surface area contributed by atoms with Gasteiger partial charge in [0.05, 0.1) is 0 Å². The molecule has 3 N–H and O–H groups in total. The van der Waals surface area contributed by atoms with E-state index in [4.69, 9.17) is 5.73 Å². The third-order valence-corrected chi connectivity index (χ3v) is 3.25. The Hall–Kier alpha value is -1.55. The van der Waals surface area contributed by atoms with Gasteiger partial charge in [-0.25, -0.2) is 0 Å². The first-order valence-corrected chi connectivity index (χ1v) is 5.89. The summed E-state index contributed by atoms with van der Waals surface area (Å²) in [5, 5.41) is 9.18. The van der Waals surface area contributed by atoms with Crippen LogP contribution in [0.3, 0.4) is 0 Å². The Kier molecular flexibility index (Phi) is 3.33. The summed E-state index contributed by atoms with van der Waals surface area (Å²) < 4.78 is 0. The van der Waals surface area contributed by atoms with Crippen molar-refractivity contribution in [2.75, 3.05) is 11.9 Å². The van der Waals surface area contributed by atoms with Crippen molar-refractivity contribution in [3.8, 4) is 5.75 Å². The largest absolute Gasteiger partial charge is 0.508 e. The van der Waals surface area contributed by atoms with Crippen LogP contribution in [0.4, 0.5) is 5.69 Å². The number of benzene rings is 1. The molecule has 0 heterocycles. The number of phenols is 1. The fraction of sp³-hybridized carbons (Fsp3) is 0.462. The van der Waals surface area contributed by atoms with E-state index in [1.165, 1.54) is 0 Å². The van der Waals surface area contributed by atoms with Gasteiger partial charge in [0, 0.05) is 25.2 Å². The number of amides is 1. The van der Waals surface area contributed by atoms with Crippen LogP contribution in [0, 0.1) is 5.92 Å². The molecule has 1 unspecified atom stereocenters. The third-order valence-electron chi connectivity index (χ3n) is 3.25. The molecule has 1 fully saturated rings. The van der Waals surface area contributed by atoms with Crippen molar-refractivity contribution < 1.29 is 9.90 Å². The summed E-state index contributed by atoms with van der Waals surface area (Å²) in [5.74, 6) is 0.756. The number of carbonyl (C=O) groups excluding carboxylic acids is 1. The van der Waals surface area contributed by atoms with E-state index in [9.17, 15) is 9.90 Å². The lowest BCUT2D eigenvalue weighted by Crippen LogP contribution is -2.34. The lowest BCUT2D eigenvalue weighted by Gasteiger charge is -2.19. The molecule has 1 aliphatic carbocycles. The average molecular weight is 234 g/mol. The van der Waals surface area contributed by atoms with Gasteiger partial charge in [0.1, 0.15) is 5.75 Å². The van der Waals surface area contributed by atoms with Crippen LogP contribution in [-0.2, 0) is 4.79 Å². The minimum absolute atomic E-state index is 0.0120. The van der Waals surface area contributed by atoms with Gasteiger partial charge >= 0.3 is 0 Å². The van der Waals surface area contributed by atoms with Gasteiger partial charge in [0.25, 0.3) is 0 Å². The quantitative estimate of drug-likeness (QED) is 0.829. The number of carbonyl (C=O) groups is 1. The molecule has 0 saturated heterocycles. The zero-order valence-corrected chi connectivity index (χ0v) is 9.97. The zero-order valence-electron chi connectivity index (χ0n) is 9.97. The normalized spacial score (nSPS) is 16.6. The number of nitrogens with zero attached hydrogens (tertiary/aromatic N) is 1. The first kappa shape index (κ1) is 11.9. The maximum Gasteiger partial charge on any atom is 0.228 e. The summed E-state index contributed by atoms with van der Waals surface area (Å²) in [6.45, 7) is 0. The van der Waals surface area contributed by atoms with E-state index in [1.807, 2.05) is 0 Å². The smallest absolute Gasteiger partial charge is 0.228 e. The summed E-state index contributed by atoms with van der Waals surface area (Å²) in [6.07, 6.45) is 2.69. The van der Waals surface area contributed by atoms with Crippen molar-refractivity contribution in [3.05, 3.63) is 24.3 Å². The van der Waals surface area contributed by atoms with E-state index in [2.05, 4.69) is 0 Å². The molecule has 4 heteroatoms. The molecule has 1 amide bonds. The summed E-state index contributed by atoms with van der Waals surface area (Å²) in [6, 6.07) is 6.56. The minimum atomic E-state index is -0.0120. The van der Waals surface area contributed by atoms with Crippen LogP contribution in [0.2, 0.25) is 0 Å². The molecule has 0 spiro atoms. The minimum Gasteiger partial charge on any atom is -0.508 e. The molecule has 0 aliphatic heterocycles. The van der Waals surface area contributed by atoms with Gasteiger partial charge in [0.15, 0.2) is 0 Å². The van der Waals surface area contributed by atoms with E-state index in [1.54, 1.807) is 36.2 Å². The predicted molar refractivity (Wildman–Crippen MR) is 66.8 cm³/mol. The summed E-state index contributed by atoms with van der Waals surface area (Å²) >= 11 is 0. The lowest BCUT2D eigenvalue weighted by atomic mass is 10.1. The molecule has 0 radical (unpaired) electrons. The lowest BCUT2D eigenvalue weighted by molar-refractivity contribution is -0.118. The SMILES string of the molecule is CN(C(=O)CC(N)C1CC1)c1ccc(O)cc1. The molecule has 1 aliphatic rings. The maximum absolute atomic E-state index is 12.0. The van der Waals surface area contributed by atoms with Gasteiger partial charge in [0.2, 0.25) is 5.91 Å². The van der Waals surface area contributed by atoms with Crippen LogP contribution in [0.15, 0.2) is 24.3 Å². The van der Waals surface area contributed by atoms with Crippen molar-refractivity contribution in [1.29, 1.82) is 0 Å². The summed E-state index contributed by atoms with van der Waals surface area (Å²) in [4.78, 5) is 13.5. The highest BCUT2D eigenvalue weighted by atomic mass is 16.3. The average Bonchev–Trinajstić information content (AvgIpc) is 3.12. The second-order valence-electron chi connectivity index (χ2n) is 4.67. The number of anilines is 1. The van der Waals surface area contributed by atoms with E-state index in [0.29, 0.717) is 12.3 Å². The first-order valence-electron chi connectivity index (χ1n) is 5.89. The molecule has 4 nitrogen and oxygen atoms in total. The van der Waals surface area contributed by atoms with Crippen LogP contribution in [0.25, 0.3) is 0 Å². The molecule has 1 saturated carbocycles. The Morgan fingerprint density at radius 1 is 1.47 bits per heavy atom. The number of hydrogen-bond acceptors (Lipinski definition) is 3. The molecular weight excluding hydrogens is 216 g/mol. The molecule has 1 aromatic rings. The number of phenolic OH excluding ortho intramolecular Hbond substituents is 1. The second kappa shape index (κ2) is 4.75. The van der Waals surface area contributed by atoms with Crippen molar-refractivity contribution in [2.24, 2.45) is 11.7 Å². The molecule has 1 atom stereocenters. The van der Waals surface area contributed by atoms with E-state index >= 15 is 0 Å². The van der Waals surface area contributed by atoms with Crippen molar-refractivity contribution >= 4 is 11.6 Å². The number of aromatic hydroxyl groups is 1. The fourth-order valence-corrected chi connectivity index (χ4v) is 1.85. The van der Waals surface area contributed by atoms with Gasteiger partial charge in [-0.2, -0.15) is 0 Å². The molecule has 0 bridgehead atoms. The van der Waals surface area contributed by atoms with Crippen molar-refractivity contribution in [1.82, 2.24) is 0 Å². The van der Waals surface area contributed by atoms with Gasteiger partial charge in [-0.3, -0.25) is 4.79 Å². The molecular formula is C13H18N2O2. The molecule has 1 aromatic carbocycles. The third kappa shape index (κ3) is 2.97. The van der Waals surface area contributed by atoms with Crippen LogP contribution >= 0.6 is 0 Å². The van der Waals surface area contributed by atoms with E-state index in [0.717, 1.165) is 18.5 Å². The van der Waals surface area contributed by atoms with Crippen molar-refractivity contribution in [3.63, 3.8) is 0 Å². The van der Waals surface area contributed by atoms with Crippen LogP contribution in [0.5, 0.6) is 5.75 Å². The molecule has 0 aromatic heterocycles. The first-order chi connectivity index (χ1) is 8.08. The Bertz CT molecular complexity index is 398. The molecule has 92 valence electrons. The van der Waals surface area contributed by atoms with E-state index in [-0.39, 0.29) is 17.7 Å². The fourth-order valence-electron chi connectivity index (χ4n) is 1.85. The number of rotatable bonds is 4. The van der Waals surface area contributed by atoms with Crippen LogP contribution in [0.1, 0.15) is 19.3 Å². The number of hydrogen-bond donors (Lipinski definition) is 2. The molecule has 2 rings (SSSR count). The van der Waals surface area contributed by atoms with Gasteiger partial charge in [-0.1, -0.05) is 0 Å². The van der Waals surface area contributed by atoms with Crippen LogP contribution in [-0.4, -0.2) is 24.1 Å². The topological polar surface area (TPSA) is 66.6 Å². The zero-order chi connectivity index (χ0) is 12.4. The predicted octanol–water partition coefficient (Wildman–Crippen LogP) is 1.48. The Morgan fingerprint density at radius 3 is 2.59 bits per heavy atom. The highest BCUT2D eigenvalue weighted by Gasteiger charge is 2.30. The summed E-state index contributed by atoms with van der Waals surface area (Å²) in [5.41, 5.74) is 6.71. The van der Waals surface area contributed by atoms with E-state index < -0.39 is 0 Å². The molecule has 17 heavy (non-hydrogen) atoms. The Labute approximate surface area is 101 Å². The Morgan fingerprint density at radius 2 is 2.06 bits per heavy atom. The maximum atomic E-state index is 12.0. The number of nitrogens with two attached hydrogens (primary N) is 1. The standard InChI is InChI=1S/C13H18N2O2/c1-15(10-4-6-11(16)7-5-10)13(17)8-12(14)9-2-3-9/h4-7,9,12,16H,2-3,8,14H2,1H3. The summed E-state index contributed by atoms with van der Waals surface area (Å²) in [7, 11) is 1.73. The highest BCUT2D eigenvalue weighted by Crippen LogP contribution is 2.33. The van der Waals surface area contributed by atoms with Crippen molar-refractivity contribution in [2.45, 2.75) is 25.3 Å². The van der Waals surface area contributed by atoms with Gasteiger partial charge < -0.3 is 15.7 Å². The Balaban J connectivity index is 1.96. The van der Waals surface area contributed by atoms with Crippen LogP contribution < -0.4 is 10.6 Å². The van der Waals surface area contributed by atoms with Gasteiger partial charge in [-0.15, -0.1) is 0 Å².